The van der Waals surface area contributed by atoms with E-state index in [1.54, 1.807) is 0 Å². The van der Waals surface area contributed by atoms with Crippen LogP contribution < -0.4 is 5.73 Å². The molecule has 0 aliphatic carbocycles. The number of halogens is 3. The van der Waals surface area contributed by atoms with Gasteiger partial charge in [-0.25, -0.2) is 0 Å². The minimum atomic E-state index is -4.02. The van der Waals surface area contributed by atoms with Crippen LogP contribution in [-0.4, -0.2) is 35.7 Å². The lowest BCUT2D eigenvalue weighted by Gasteiger charge is -2.32. The molecule has 0 aromatic carbocycles. The molecule has 1 rings (SSSR count). The summed E-state index contributed by atoms with van der Waals surface area (Å²) in [6.45, 7) is 1.85. The number of nitrogens with two attached hydrogens (primary N) is 1. The van der Waals surface area contributed by atoms with Gasteiger partial charge >= 0.3 is 6.18 Å². The van der Waals surface area contributed by atoms with Crippen LogP contribution in [-0.2, 0) is 0 Å². The van der Waals surface area contributed by atoms with Gasteiger partial charge in [0.25, 0.3) is 0 Å². The lowest BCUT2D eigenvalue weighted by Crippen LogP contribution is -2.39. The van der Waals surface area contributed by atoms with Gasteiger partial charge in [0.05, 0.1) is 10.9 Å². The van der Waals surface area contributed by atoms with Crippen molar-refractivity contribution in [3.8, 4) is 0 Å². The Kier molecular flexibility index (Phi) is 4.98. The quantitative estimate of drug-likeness (QED) is 0.781. The van der Waals surface area contributed by atoms with Crippen molar-refractivity contribution >= 4 is 17.2 Å². The first kappa shape index (κ1) is 13.7. The smallest absolute Gasteiger partial charge is 0.391 e. The molecule has 0 atom stereocenters. The van der Waals surface area contributed by atoms with E-state index in [0.717, 1.165) is 13.0 Å². The normalized spacial score (nSPS) is 19.9. The van der Waals surface area contributed by atoms with Crippen LogP contribution in [0.15, 0.2) is 0 Å². The van der Waals surface area contributed by atoms with Gasteiger partial charge < -0.3 is 10.6 Å². The van der Waals surface area contributed by atoms with Crippen molar-refractivity contribution in [3.63, 3.8) is 0 Å². The monoisotopic (exact) mass is 254 g/mol. The molecule has 16 heavy (non-hydrogen) atoms. The molecule has 2 N–H and O–H groups in total. The highest BCUT2D eigenvalue weighted by molar-refractivity contribution is 7.80. The van der Waals surface area contributed by atoms with Gasteiger partial charge in [-0.05, 0) is 45.3 Å². The fourth-order valence-electron chi connectivity index (χ4n) is 1.96. The minimum absolute atomic E-state index is 0.219. The van der Waals surface area contributed by atoms with Gasteiger partial charge in [0, 0.05) is 0 Å². The van der Waals surface area contributed by atoms with E-state index < -0.39 is 12.1 Å². The molecule has 6 heteroatoms. The largest absolute Gasteiger partial charge is 0.393 e. The average Bonchev–Trinajstić information content (AvgIpc) is 2.16. The summed E-state index contributed by atoms with van der Waals surface area (Å²) >= 11 is 4.74. The second-order valence-electron chi connectivity index (χ2n) is 4.23. The van der Waals surface area contributed by atoms with Crippen molar-refractivity contribution in [2.45, 2.75) is 31.9 Å². The standard InChI is InChI=1S/C10H17F3N2S/c11-10(12,13)8-3-6-15(7-4-8)5-1-2-9(14)16/h8H,1-7H2,(H2,14,16). The first-order valence-corrected chi connectivity index (χ1v) is 5.88. The summed E-state index contributed by atoms with van der Waals surface area (Å²) in [7, 11) is 0. The molecule has 2 nitrogen and oxygen atoms in total. The molecule has 0 radical (unpaired) electrons. The lowest BCUT2D eigenvalue weighted by atomic mass is 9.96. The molecule has 0 amide bonds. The van der Waals surface area contributed by atoms with E-state index in [1.165, 1.54) is 0 Å². The van der Waals surface area contributed by atoms with Crippen molar-refractivity contribution in [1.29, 1.82) is 0 Å². The first-order chi connectivity index (χ1) is 7.39. The molecule has 1 aliphatic rings. The highest BCUT2D eigenvalue weighted by atomic mass is 32.1. The van der Waals surface area contributed by atoms with Gasteiger partial charge in [0.1, 0.15) is 0 Å². The summed E-state index contributed by atoms with van der Waals surface area (Å²) < 4.78 is 37.1. The number of likely N-dealkylation sites (tertiary alicyclic amines) is 1. The Bertz CT molecular complexity index is 235. The maximum absolute atomic E-state index is 12.4. The van der Waals surface area contributed by atoms with Crippen LogP contribution in [0.2, 0.25) is 0 Å². The topological polar surface area (TPSA) is 29.3 Å². The average molecular weight is 254 g/mol. The molecule has 0 bridgehead atoms. The van der Waals surface area contributed by atoms with Crippen LogP contribution >= 0.6 is 12.2 Å². The van der Waals surface area contributed by atoms with E-state index >= 15 is 0 Å². The summed E-state index contributed by atoms with van der Waals surface area (Å²) in [5.74, 6) is -1.11. The molecular weight excluding hydrogens is 237 g/mol. The van der Waals surface area contributed by atoms with Crippen molar-refractivity contribution < 1.29 is 13.2 Å². The van der Waals surface area contributed by atoms with Crippen LogP contribution in [0.25, 0.3) is 0 Å². The van der Waals surface area contributed by atoms with Crippen LogP contribution in [0.5, 0.6) is 0 Å². The Balaban J connectivity index is 2.19. The van der Waals surface area contributed by atoms with E-state index in [1.807, 2.05) is 0 Å². The molecule has 0 unspecified atom stereocenters. The van der Waals surface area contributed by atoms with Crippen LogP contribution in [0.4, 0.5) is 13.2 Å². The van der Waals surface area contributed by atoms with Gasteiger partial charge in [0.15, 0.2) is 0 Å². The zero-order valence-corrected chi connectivity index (χ0v) is 9.91. The Morgan fingerprint density at radius 2 is 1.88 bits per heavy atom. The number of alkyl halides is 3. The first-order valence-electron chi connectivity index (χ1n) is 5.47. The third-order valence-corrected chi connectivity index (χ3v) is 3.15. The highest BCUT2D eigenvalue weighted by Crippen LogP contribution is 2.33. The van der Waals surface area contributed by atoms with Crippen molar-refractivity contribution in [3.05, 3.63) is 0 Å². The van der Waals surface area contributed by atoms with Gasteiger partial charge in [-0.2, -0.15) is 13.2 Å². The number of hydrogen-bond acceptors (Lipinski definition) is 2. The number of hydrogen-bond donors (Lipinski definition) is 1. The number of nitrogens with zero attached hydrogens (tertiary/aromatic N) is 1. The lowest BCUT2D eigenvalue weighted by molar-refractivity contribution is -0.185. The maximum atomic E-state index is 12.4. The Morgan fingerprint density at radius 1 is 1.31 bits per heavy atom. The Morgan fingerprint density at radius 3 is 2.31 bits per heavy atom. The molecule has 0 aromatic heterocycles. The summed E-state index contributed by atoms with van der Waals surface area (Å²) in [6.07, 6.45) is -2.07. The molecular formula is C10H17F3N2S. The second kappa shape index (κ2) is 5.82. The summed E-state index contributed by atoms with van der Waals surface area (Å²) in [5.41, 5.74) is 5.35. The third kappa shape index (κ3) is 4.65. The molecule has 1 fully saturated rings. The second-order valence-corrected chi connectivity index (χ2v) is 4.75. The maximum Gasteiger partial charge on any atom is 0.391 e. The van der Waals surface area contributed by atoms with E-state index in [2.05, 4.69) is 4.90 Å². The minimum Gasteiger partial charge on any atom is -0.393 e. The molecule has 0 aromatic rings. The predicted octanol–water partition coefficient (Wildman–Crippen LogP) is 2.33. The Hall–Kier alpha value is -0.360. The van der Waals surface area contributed by atoms with Crippen LogP contribution in [0.3, 0.4) is 0 Å². The fourth-order valence-corrected chi connectivity index (χ4v) is 2.11. The molecule has 1 aliphatic heterocycles. The summed E-state index contributed by atoms with van der Waals surface area (Å²) in [4.78, 5) is 2.53. The van der Waals surface area contributed by atoms with Crippen LogP contribution in [0.1, 0.15) is 25.7 Å². The number of thiocarbonyl (C=S) groups is 1. The van der Waals surface area contributed by atoms with Gasteiger partial charge in [-0.3, -0.25) is 0 Å². The van der Waals surface area contributed by atoms with Gasteiger partial charge in [-0.1, -0.05) is 12.2 Å². The molecule has 1 heterocycles. The van der Waals surface area contributed by atoms with Crippen molar-refractivity contribution in [1.82, 2.24) is 4.90 Å². The SMILES string of the molecule is NC(=S)CCCN1CCC(C(F)(F)F)CC1. The number of piperidine rings is 1. The molecule has 0 saturated carbocycles. The molecule has 1 saturated heterocycles. The van der Waals surface area contributed by atoms with Crippen molar-refractivity contribution in [2.75, 3.05) is 19.6 Å². The highest BCUT2D eigenvalue weighted by Gasteiger charge is 2.40. The van der Waals surface area contributed by atoms with E-state index in [9.17, 15) is 13.2 Å². The predicted molar refractivity (Wildman–Crippen MR) is 61.2 cm³/mol. The van der Waals surface area contributed by atoms with Gasteiger partial charge in [-0.15, -0.1) is 0 Å². The van der Waals surface area contributed by atoms with E-state index in [-0.39, 0.29) is 12.8 Å². The van der Waals surface area contributed by atoms with E-state index in [0.29, 0.717) is 24.5 Å². The van der Waals surface area contributed by atoms with Crippen LogP contribution in [0, 0.1) is 5.92 Å². The third-order valence-electron chi connectivity index (χ3n) is 2.95. The van der Waals surface area contributed by atoms with Crippen molar-refractivity contribution in [2.24, 2.45) is 11.7 Å². The molecule has 94 valence electrons. The number of rotatable bonds is 4. The van der Waals surface area contributed by atoms with E-state index in [4.69, 9.17) is 18.0 Å². The zero-order chi connectivity index (χ0) is 12.2. The zero-order valence-electron chi connectivity index (χ0n) is 9.09. The summed E-state index contributed by atoms with van der Waals surface area (Å²) in [6, 6.07) is 0. The Labute approximate surface area is 99.0 Å². The summed E-state index contributed by atoms with van der Waals surface area (Å²) in [5, 5.41) is 0. The van der Waals surface area contributed by atoms with Gasteiger partial charge in [0.2, 0.25) is 0 Å². The molecule has 0 spiro atoms. The fraction of sp³-hybridized carbons (Fsp3) is 0.900.